The van der Waals surface area contributed by atoms with E-state index in [1.54, 1.807) is 0 Å². The van der Waals surface area contributed by atoms with E-state index in [-0.39, 0.29) is 0 Å². The molecule has 0 aliphatic rings. The van der Waals surface area contributed by atoms with Gasteiger partial charge in [-0.1, -0.05) is 23.7 Å². The summed E-state index contributed by atoms with van der Waals surface area (Å²) in [6.07, 6.45) is 4.67. The zero-order valence-electron chi connectivity index (χ0n) is 14.5. The van der Waals surface area contributed by atoms with Gasteiger partial charge in [-0.3, -0.25) is 9.36 Å². The monoisotopic (exact) mass is 388 g/mol. The normalized spacial score (nSPS) is 10.7. The molecule has 2 N–H and O–H groups in total. The minimum absolute atomic E-state index is 0.568. The molecule has 0 saturated carbocycles. The van der Waals surface area contributed by atoms with Gasteiger partial charge in [0.1, 0.15) is 0 Å². The Morgan fingerprint density at radius 1 is 1.19 bits per heavy atom. The number of hydrogen-bond acceptors (Lipinski definition) is 3. The van der Waals surface area contributed by atoms with E-state index in [0.29, 0.717) is 11.7 Å². The summed E-state index contributed by atoms with van der Waals surface area (Å²) in [5.41, 5.74) is 2.30. The van der Waals surface area contributed by atoms with E-state index in [1.165, 1.54) is 0 Å². The average molecular weight is 389 g/mol. The molecular formula is C18H21ClN6S. The Bertz CT molecular complexity index is 855. The van der Waals surface area contributed by atoms with Crippen LogP contribution in [0.4, 0.5) is 5.82 Å². The van der Waals surface area contributed by atoms with Crippen molar-refractivity contribution in [3.05, 3.63) is 65.1 Å². The van der Waals surface area contributed by atoms with E-state index < -0.39 is 0 Å². The second-order valence-corrected chi connectivity index (χ2v) is 6.80. The van der Waals surface area contributed by atoms with Crippen LogP contribution in [0.25, 0.3) is 0 Å². The zero-order chi connectivity index (χ0) is 18.4. The SMILES string of the molecule is Cc1ccnn1CCCNC(=S)Nc1ccn(Cc2ccc(Cl)cc2)n1. The number of nitrogens with one attached hydrogen (secondary N) is 2. The van der Waals surface area contributed by atoms with Crippen molar-refractivity contribution in [1.82, 2.24) is 24.9 Å². The van der Waals surface area contributed by atoms with Gasteiger partial charge in [-0.15, -0.1) is 0 Å². The first-order valence-corrected chi connectivity index (χ1v) is 9.20. The third kappa shape index (κ3) is 5.31. The van der Waals surface area contributed by atoms with Gasteiger partial charge in [-0.2, -0.15) is 10.2 Å². The molecular weight excluding hydrogens is 368 g/mol. The number of aryl methyl sites for hydroxylation is 2. The maximum atomic E-state index is 5.91. The van der Waals surface area contributed by atoms with Crippen molar-refractivity contribution < 1.29 is 0 Å². The van der Waals surface area contributed by atoms with Crippen LogP contribution in [0.15, 0.2) is 48.8 Å². The molecule has 2 heterocycles. The fourth-order valence-electron chi connectivity index (χ4n) is 2.52. The molecule has 1 aromatic carbocycles. The van der Waals surface area contributed by atoms with Gasteiger partial charge in [-0.25, -0.2) is 0 Å². The number of rotatable bonds is 7. The number of anilines is 1. The largest absolute Gasteiger partial charge is 0.362 e. The van der Waals surface area contributed by atoms with Gasteiger partial charge < -0.3 is 10.6 Å². The van der Waals surface area contributed by atoms with Gasteiger partial charge in [0.2, 0.25) is 0 Å². The van der Waals surface area contributed by atoms with Crippen molar-refractivity contribution in [2.45, 2.75) is 26.4 Å². The third-order valence-corrected chi connectivity index (χ3v) is 4.40. The minimum Gasteiger partial charge on any atom is -0.362 e. The van der Waals surface area contributed by atoms with Crippen molar-refractivity contribution in [3.63, 3.8) is 0 Å². The maximum absolute atomic E-state index is 5.91. The van der Waals surface area contributed by atoms with E-state index in [1.807, 2.05) is 65.1 Å². The fraction of sp³-hybridized carbons (Fsp3) is 0.278. The van der Waals surface area contributed by atoms with E-state index in [2.05, 4.69) is 20.8 Å². The standard InChI is InChI=1S/C18H21ClN6S/c1-14-7-10-21-25(14)11-2-9-20-18(26)22-17-8-12-24(23-17)13-15-3-5-16(19)6-4-15/h3-8,10,12H,2,9,11,13H2,1H3,(H2,20,22,23,26). The topological polar surface area (TPSA) is 59.7 Å². The lowest BCUT2D eigenvalue weighted by molar-refractivity contribution is 0.561. The van der Waals surface area contributed by atoms with Crippen molar-refractivity contribution in [1.29, 1.82) is 0 Å². The summed E-state index contributed by atoms with van der Waals surface area (Å²) in [6, 6.07) is 11.6. The Labute approximate surface area is 163 Å². The number of thiocarbonyl (C=S) groups is 1. The highest BCUT2D eigenvalue weighted by Crippen LogP contribution is 2.11. The Kier molecular flexibility index (Phi) is 6.25. The number of nitrogens with zero attached hydrogens (tertiary/aromatic N) is 4. The Balaban J connectivity index is 1.41. The van der Waals surface area contributed by atoms with E-state index in [9.17, 15) is 0 Å². The Hall–Kier alpha value is -2.38. The lowest BCUT2D eigenvalue weighted by Gasteiger charge is -2.09. The first-order chi connectivity index (χ1) is 12.6. The summed E-state index contributed by atoms with van der Waals surface area (Å²) in [4.78, 5) is 0. The summed E-state index contributed by atoms with van der Waals surface area (Å²) in [5.74, 6) is 0.722. The highest BCUT2D eigenvalue weighted by atomic mass is 35.5. The van der Waals surface area contributed by atoms with Crippen LogP contribution in [0.3, 0.4) is 0 Å². The molecule has 6 nitrogen and oxygen atoms in total. The van der Waals surface area contributed by atoms with Crippen LogP contribution < -0.4 is 10.6 Å². The van der Waals surface area contributed by atoms with Gasteiger partial charge in [-0.05, 0) is 49.3 Å². The molecule has 0 unspecified atom stereocenters. The van der Waals surface area contributed by atoms with Crippen LogP contribution in [0.2, 0.25) is 5.02 Å². The molecule has 0 fully saturated rings. The van der Waals surface area contributed by atoms with E-state index in [4.69, 9.17) is 23.8 Å². The highest BCUT2D eigenvalue weighted by Gasteiger charge is 2.03. The van der Waals surface area contributed by atoms with E-state index in [0.717, 1.165) is 41.6 Å². The van der Waals surface area contributed by atoms with Crippen LogP contribution in [0, 0.1) is 6.92 Å². The van der Waals surface area contributed by atoms with Crippen LogP contribution in [-0.2, 0) is 13.1 Å². The molecule has 0 spiro atoms. The molecule has 0 saturated heterocycles. The molecule has 2 aromatic heterocycles. The molecule has 3 rings (SSSR count). The van der Waals surface area contributed by atoms with Gasteiger partial charge >= 0.3 is 0 Å². The van der Waals surface area contributed by atoms with Crippen molar-refractivity contribution in [3.8, 4) is 0 Å². The smallest absolute Gasteiger partial charge is 0.171 e. The summed E-state index contributed by atoms with van der Waals surface area (Å²) in [5, 5.41) is 16.3. The first-order valence-electron chi connectivity index (χ1n) is 8.41. The van der Waals surface area contributed by atoms with Crippen LogP contribution in [0.1, 0.15) is 17.7 Å². The molecule has 136 valence electrons. The zero-order valence-corrected chi connectivity index (χ0v) is 16.1. The number of aromatic nitrogens is 4. The maximum Gasteiger partial charge on any atom is 0.171 e. The predicted molar refractivity (Wildman–Crippen MR) is 109 cm³/mol. The average Bonchev–Trinajstić information content (AvgIpc) is 3.23. The van der Waals surface area contributed by atoms with Crippen LogP contribution in [0.5, 0.6) is 0 Å². The molecule has 0 radical (unpaired) electrons. The molecule has 0 amide bonds. The molecule has 3 aromatic rings. The van der Waals surface area contributed by atoms with Gasteiger partial charge in [0.15, 0.2) is 10.9 Å². The highest BCUT2D eigenvalue weighted by molar-refractivity contribution is 7.80. The number of benzene rings is 1. The summed E-state index contributed by atoms with van der Waals surface area (Å²) in [6.45, 7) is 4.37. The Morgan fingerprint density at radius 2 is 2.00 bits per heavy atom. The quantitative estimate of drug-likeness (QED) is 0.479. The van der Waals surface area contributed by atoms with Crippen LogP contribution in [-0.4, -0.2) is 31.2 Å². The molecule has 26 heavy (non-hydrogen) atoms. The minimum atomic E-state index is 0.568. The van der Waals surface area contributed by atoms with E-state index >= 15 is 0 Å². The predicted octanol–water partition coefficient (Wildman–Crippen LogP) is 3.47. The second kappa shape index (κ2) is 8.82. The van der Waals surface area contributed by atoms with Crippen molar-refractivity contribution in [2.24, 2.45) is 0 Å². The lowest BCUT2D eigenvalue weighted by Crippen LogP contribution is -2.30. The summed E-state index contributed by atoms with van der Waals surface area (Å²) in [7, 11) is 0. The molecule has 0 bridgehead atoms. The molecule has 8 heteroatoms. The summed E-state index contributed by atoms with van der Waals surface area (Å²) >= 11 is 11.2. The van der Waals surface area contributed by atoms with Crippen molar-refractivity contribution in [2.75, 3.05) is 11.9 Å². The molecule has 0 aliphatic heterocycles. The Morgan fingerprint density at radius 3 is 2.73 bits per heavy atom. The summed E-state index contributed by atoms with van der Waals surface area (Å²) < 4.78 is 3.84. The lowest BCUT2D eigenvalue weighted by atomic mass is 10.2. The molecule has 0 atom stereocenters. The van der Waals surface area contributed by atoms with Gasteiger partial charge in [0, 0.05) is 42.3 Å². The van der Waals surface area contributed by atoms with Gasteiger partial charge in [0.25, 0.3) is 0 Å². The fourth-order valence-corrected chi connectivity index (χ4v) is 2.85. The van der Waals surface area contributed by atoms with Crippen LogP contribution >= 0.6 is 23.8 Å². The number of halogens is 1. The van der Waals surface area contributed by atoms with Gasteiger partial charge in [0.05, 0.1) is 6.54 Å². The molecule has 0 aliphatic carbocycles. The van der Waals surface area contributed by atoms with Crippen molar-refractivity contribution >= 4 is 34.7 Å². The first kappa shape index (κ1) is 18.4. The number of hydrogen-bond donors (Lipinski definition) is 2. The third-order valence-electron chi connectivity index (χ3n) is 3.90. The second-order valence-electron chi connectivity index (χ2n) is 5.96.